The first-order valence-corrected chi connectivity index (χ1v) is 13.9. The first kappa shape index (κ1) is 24.3. The van der Waals surface area contributed by atoms with E-state index in [0.29, 0.717) is 23.7 Å². The summed E-state index contributed by atoms with van der Waals surface area (Å²) in [7, 11) is 0. The summed E-state index contributed by atoms with van der Waals surface area (Å²) < 4.78 is 6.71. The molecule has 4 saturated carbocycles. The fraction of sp³-hybridized carbons (Fsp3) is 0.933. The summed E-state index contributed by atoms with van der Waals surface area (Å²) in [5.41, 5.74) is 1.53. The average molecular weight is 459 g/mol. The van der Waals surface area contributed by atoms with Crippen LogP contribution in [0, 0.1) is 45.3 Å². The van der Waals surface area contributed by atoms with Gasteiger partial charge in [-0.3, -0.25) is 0 Å². The normalized spacial score (nSPS) is 57.8. The highest BCUT2D eigenvalue weighted by Crippen LogP contribution is 2.76. The van der Waals surface area contributed by atoms with Crippen molar-refractivity contribution in [3.05, 3.63) is 12.2 Å². The van der Waals surface area contributed by atoms with Gasteiger partial charge in [0, 0.05) is 0 Å². The highest BCUT2D eigenvalue weighted by atomic mass is 16.5. The maximum atomic E-state index is 11.9. The quantitative estimate of drug-likeness (QED) is 0.463. The number of ether oxygens (including phenoxy) is 1. The van der Waals surface area contributed by atoms with Gasteiger partial charge in [-0.2, -0.15) is 0 Å². The zero-order chi connectivity index (χ0) is 24.2. The van der Waals surface area contributed by atoms with Gasteiger partial charge in [-0.15, -0.1) is 0 Å². The number of aliphatic hydroxyl groups is 2. The Balaban J connectivity index is 1.49. The van der Waals surface area contributed by atoms with Gasteiger partial charge < -0.3 is 14.9 Å². The van der Waals surface area contributed by atoms with E-state index in [-0.39, 0.29) is 45.6 Å². The summed E-state index contributed by atoms with van der Waals surface area (Å²) in [6, 6.07) is 0. The van der Waals surface area contributed by atoms with E-state index in [9.17, 15) is 10.2 Å². The third-order valence-electron chi connectivity index (χ3n) is 13.0. The van der Waals surface area contributed by atoms with Gasteiger partial charge in [0.25, 0.3) is 0 Å². The van der Waals surface area contributed by atoms with Crippen LogP contribution in [0.2, 0.25) is 0 Å². The molecule has 1 saturated heterocycles. The molecule has 3 heteroatoms. The van der Waals surface area contributed by atoms with Crippen molar-refractivity contribution < 1.29 is 14.9 Å². The number of hydrogen-bond acceptors (Lipinski definition) is 3. The maximum absolute atomic E-state index is 11.9. The van der Waals surface area contributed by atoms with E-state index < -0.39 is 0 Å². The average Bonchev–Trinajstić information content (AvgIpc) is 3.30. The molecule has 1 aliphatic heterocycles. The Morgan fingerprint density at radius 1 is 0.818 bits per heavy atom. The lowest BCUT2D eigenvalue weighted by molar-refractivity contribution is -0.247. The molecule has 0 amide bonds. The molecule has 4 aliphatic carbocycles. The molecule has 188 valence electrons. The lowest BCUT2D eigenvalue weighted by Gasteiger charge is -2.70. The van der Waals surface area contributed by atoms with Crippen LogP contribution in [0.4, 0.5) is 0 Å². The van der Waals surface area contributed by atoms with Crippen molar-refractivity contribution in [1.82, 2.24) is 0 Å². The zero-order valence-electron chi connectivity index (χ0n) is 22.4. The summed E-state index contributed by atoms with van der Waals surface area (Å²) >= 11 is 0. The molecule has 0 aromatic carbocycles. The lowest BCUT2D eigenvalue weighted by atomic mass is 9.35. The molecule has 1 unspecified atom stereocenters. The minimum Gasteiger partial charge on any atom is -0.393 e. The second kappa shape index (κ2) is 7.32. The highest BCUT2D eigenvalue weighted by Gasteiger charge is 2.71. The smallest absolute Gasteiger partial charge is 0.0788 e. The van der Waals surface area contributed by atoms with E-state index in [1.807, 2.05) is 0 Å². The van der Waals surface area contributed by atoms with E-state index in [1.165, 1.54) is 25.7 Å². The Kier molecular flexibility index (Phi) is 5.40. The molecule has 0 aromatic rings. The Hall–Kier alpha value is -0.380. The summed E-state index contributed by atoms with van der Waals surface area (Å²) in [6.07, 6.45) is 9.61. The molecule has 3 nitrogen and oxygen atoms in total. The third kappa shape index (κ3) is 3.03. The molecule has 2 N–H and O–H groups in total. The van der Waals surface area contributed by atoms with Gasteiger partial charge in [0.05, 0.1) is 23.9 Å². The van der Waals surface area contributed by atoms with Crippen molar-refractivity contribution in [3.63, 3.8) is 0 Å². The standard InChI is InChI=1S/C30H50O3/c1-18(2)21-10-16-30(8,33-21)19-9-14-29(7)25(19)20(31)17-23-27(5)13-12-24(32)26(3,4)22(27)11-15-28(23,29)6/h19-25,31-32H,1,9-17H2,2-8H3/t19-,20+,21-,22?,23+,24-,25-,27-,28+,29+,30+/m0/s1. The van der Waals surface area contributed by atoms with Crippen LogP contribution in [0.5, 0.6) is 0 Å². The van der Waals surface area contributed by atoms with E-state index >= 15 is 0 Å². The van der Waals surface area contributed by atoms with Crippen LogP contribution < -0.4 is 0 Å². The minimum atomic E-state index is -0.254. The topological polar surface area (TPSA) is 49.7 Å². The minimum absolute atomic E-state index is 0.0437. The van der Waals surface area contributed by atoms with E-state index in [4.69, 9.17) is 4.74 Å². The van der Waals surface area contributed by atoms with Crippen LogP contribution in [-0.4, -0.2) is 34.1 Å². The molecule has 0 bridgehead atoms. The number of fused-ring (bicyclic) bond motifs is 5. The van der Waals surface area contributed by atoms with Gasteiger partial charge in [0.2, 0.25) is 0 Å². The molecule has 0 spiro atoms. The van der Waals surface area contributed by atoms with Gasteiger partial charge in [-0.25, -0.2) is 0 Å². The van der Waals surface area contributed by atoms with Crippen LogP contribution in [0.15, 0.2) is 12.2 Å². The largest absolute Gasteiger partial charge is 0.393 e. The number of hydrogen-bond donors (Lipinski definition) is 2. The van der Waals surface area contributed by atoms with Crippen molar-refractivity contribution in [2.45, 2.75) is 130 Å². The molecular formula is C30H50O3. The van der Waals surface area contributed by atoms with Crippen LogP contribution >= 0.6 is 0 Å². The predicted octanol–water partition coefficient (Wildman–Crippen LogP) is 6.52. The third-order valence-corrected chi connectivity index (χ3v) is 13.0. The molecule has 11 atom stereocenters. The molecule has 5 aliphatic rings. The second-order valence-electron chi connectivity index (χ2n) is 14.6. The Morgan fingerprint density at radius 3 is 2.12 bits per heavy atom. The fourth-order valence-corrected chi connectivity index (χ4v) is 10.9. The van der Waals surface area contributed by atoms with Crippen molar-refractivity contribution in [1.29, 1.82) is 0 Å². The summed E-state index contributed by atoms with van der Waals surface area (Å²) in [6.45, 7) is 20.8. The molecule has 5 rings (SSSR count). The Morgan fingerprint density at radius 2 is 1.48 bits per heavy atom. The van der Waals surface area contributed by atoms with Crippen molar-refractivity contribution in [2.24, 2.45) is 45.3 Å². The number of aliphatic hydroxyl groups excluding tert-OH is 2. The summed E-state index contributed by atoms with van der Waals surface area (Å²) in [5, 5.41) is 22.8. The fourth-order valence-electron chi connectivity index (χ4n) is 10.9. The van der Waals surface area contributed by atoms with E-state index in [0.717, 1.165) is 37.7 Å². The van der Waals surface area contributed by atoms with Crippen LogP contribution in [0.1, 0.15) is 106 Å². The van der Waals surface area contributed by atoms with Crippen molar-refractivity contribution in [3.8, 4) is 0 Å². The van der Waals surface area contributed by atoms with Gasteiger partial charge in [-0.1, -0.05) is 46.8 Å². The van der Waals surface area contributed by atoms with Gasteiger partial charge >= 0.3 is 0 Å². The number of rotatable bonds is 2. The zero-order valence-corrected chi connectivity index (χ0v) is 22.4. The van der Waals surface area contributed by atoms with Gasteiger partial charge in [0.1, 0.15) is 0 Å². The molecular weight excluding hydrogens is 408 g/mol. The summed E-state index contributed by atoms with van der Waals surface area (Å²) in [4.78, 5) is 0. The van der Waals surface area contributed by atoms with Gasteiger partial charge in [0.15, 0.2) is 0 Å². The molecule has 1 heterocycles. The first-order valence-electron chi connectivity index (χ1n) is 13.9. The van der Waals surface area contributed by atoms with Crippen molar-refractivity contribution in [2.75, 3.05) is 0 Å². The maximum Gasteiger partial charge on any atom is 0.0788 e. The lowest BCUT2D eigenvalue weighted by Crippen LogP contribution is -2.66. The molecule has 0 radical (unpaired) electrons. The molecule has 0 aromatic heterocycles. The van der Waals surface area contributed by atoms with Crippen molar-refractivity contribution >= 4 is 0 Å². The second-order valence-corrected chi connectivity index (χ2v) is 14.6. The predicted molar refractivity (Wildman–Crippen MR) is 134 cm³/mol. The Bertz CT molecular complexity index is 819. The van der Waals surface area contributed by atoms with Crippen LogP contribution in [-0.2, 0) is 4.74 Å². The van der Waals surface area contributed by atoms with Crippen LogP contribution in [0.25, 0.3) is 0 Å². The van der Waals surface area contributed by atoms with Gasteiger partial charge in [-0.05, 0) is 117 Å². The Labute approximate surface area is 202 Å². The SMILES string of the molecule is C=C(C)[C@@H]1CC[C@](C)([C@H]2CC[C@]3(C)[C@@H]2[C@H](O)C[C@@H]2[C@@]4(C)CC[C@H](O)C(C)(C)C4CC[C@]23C)O1. The summed E-state index contributed by atoms with van der Waals surface area (Å²) in [5.74, 6) is 1.79. The monoisotopic (exact) mass is 458 g/mol. The molecule has 5 fully saturated rings. The molecule has 33 heavy (non-hydrogen) atoms. The first-order chi connectivity index (χ1) is 15.2. The van der Waals surface area contributed by atoms with Crippen LogP contribution in [0.3, 0.4) is 0 Å². The highest BCUT2D eigenvalue weighted by molar-refractivity contribution is 5.20. The van der Waals surface area contributed by atoms with E-state index in [2.05, 4.69) is 55.0 Å². The van der Waals surface area contributed by atoms with E-state index in [1.54, 1.807) is 0 Å².